The molecule has 0 radical (unpaired) electrons. The molecule has 2 aliphatic carbocycles. The van der Waals surface area contributed by atoms with Crippen LogP contribution in [0.4, 0.5) is 5.82 Å². The summed E-state index contributed by atoms with van der Waals surface area (Å²) in [5.41, 5.74) is 1.30. The van der Waals surface area contributed by atoms with Gasteiger partial charge in [-0.15, -0.1) is 0 Å². The highest BCUT2D eigenvalue weighted by Gasteiger charge is 2.27. The predicted octanol–water partition coefficient (Wildman–Crippen LogP) is 4.51. The Kier molecular flexibility index (Phi) is 5.83. The van der Waals surface area contributed by atoms with Gasteiger partial charge in [0.1, 0.15) is 5.82 Å². The van der Waals surface area contributed by atoms with E-state index in [1.165, 1.54) is 57.8 Å². The molecule has 0 aliphatic heterocycles. The fourth-order valence-corrected chi connectivity index (χ4v) is 4.80. The number of rotatable bonds is 4. The van der Waals surface area contributed by atoms with Crippen molar-refractivity contribution in [2.24, 2.45) is 7.05 Å². The largest absolute Gasteiger partial charge is 0.367 e. The number of nitrogens with one attached hydrogen (secondary N) is 1. The number of carbonyl (C=O) groups is 1. The lowest BCUT2D eigenvalue weighted by Crippen LogP contribution is -2.38. The van der Waals surface area contributed by atoms with Gasteiger partial charge in [-0.3, -0.25) is 4.79 Å². The maximum Gasteiger partial charge on any atom is 0.275 e. The van der Waals surface area contributed by atoms with Crippen LogP contribution < -0.4 is 5.32 Å². The molecule has 2 aromatic heterocycles. The topological polar surface area (TPSA) is 63.1 Å². The van der Waals surface area contributed by atoms with Gasteiger partial charge >= 0.3 is 0 Å². The van der Waals surface area contributed by atoms with Gasteiger partial charge in [0.05, 0.1) is 5.39 Å². The van der Waals surface area contributed by atoms with Crippen molar-refractivity contribution in [1.82, 2.24) is 19.7 Å². The second-order valence-electron chi connectivity index (χ2n) is 8.58. The average Bonchev–Trinajstić information content (AvgIpc) is 2.88. The fraction of sp³-hybridized carbons (Fsp3) is 0.682. The summed E-state index contributed by atoms with van der Waals surface area (Å²) < 4.78 is 1.75. The quantitative estimate of drug-likeness (QED) is 0.789. The van der Waals surface area contributed by atoms with E-state index in [4.69, 9.17) is 4.98 Å². The summed E-state index contributed by atoms with van der Waals surface area (Å²) in [7, 11) is 3.80. The average molecular weight is 384 g/mol. The molecule has 0 unspecified atom stereocenters. The Morgan fingerprint density at radius 2 is 1.68 bits per heavy atom. The van der Waals surface area contributed by atoms with Gasteiger partial charge in [0.15, 0.2) is 11.3 Å². The minimum atomic E-state index is 0.0174. The van der Waals surface area contributed by atoms with Crippen LogP contribution in [-0.2, 0) is 7.05 Å². The molecule has 0 spiro atoms. The van der Waals surface area contributed by atoms with E-state index >= 15 is 0 Å². The van der Waals surface area contributed by atoms with Crippen LogP contribution >= 0.6 is 0 Å². The summed E-state index contributed by atoms with van der Waals surface area (Å²) >= 11 is 0. The number of nitrogens with zero attached hydrogens (tertiary/aromatic N) is 4. The van der Waals surface area contributed by atoms with Crippen molar-refractivity contribution in [3.63, 3.8) is 0 Å². The van der Waals surface area contributed by atoms with E-state index in [1.807, 2.05) is 31.1 Å². The zero-order chi connectivity index (χ0) is 19.5. The minimum absolute atomic E-state index is 0.0174. The smallest absolute Gasteiger partial charge is 0.275 e. The first-order valence-corrected chi connectivity index (χ1v) is 11.0. The summed E-state index contributed by atoms with van der Waals surface area (Å²) in [6.45, 7) is 0. The molecule has 2 fully saturated rings. The molecule has 2 aliphatic rings. The van der Waals surface area contributed by atoms with E-state index in [0.29, 0.717) is 17.8 Å². The number of fused-ring (bicyclic) bond motifs is 1. The van der Waals surface area contributed by atoms with Gasteiger partial charge in [-0.2, -0.15) is 5.10 Å². The van der Waals surface area contributed by atoms with Crippen molar-refractivity contribution in [1.29, 1.82) is 0 Å². The normalized spacial score (nSPS) is 19.5. The van der Waals surface area contributed by atoms with E-state index in [0.717, 1.165) is 29.7 Å². The van der Waals surface area contributed by atoms with Crippen molar-refractivity contribution in [3.05, 3.63) is 17.8 Å². The number of anilines is 1. The van der Waals surface area contributed by atoms with E-state index in [9.17, 15) is 4.79 Å². The highest BCUT2D eigenvalue weighted by atomic mass is 16.2. The number of pyridine rings is 1. The van der Waals surface area contributed by atoms with E-state index in [2.05, 4.69) is 10.4 Å². The number of aromatic nitrogens is 3. The summed E-state index contributed by atoms with van der Waals surface area (Å²) in [4.78, 5) is 19.8. The van der Waals surface area contributed by atoms with Crippen LogP contribution in [0.3, 0.4) is 0 Å². The molecule has 0 atom stereocenters. The third kappa shape index (κ3) is 4.01. The lowest BCUT2D eigenvalue weighted by atomic mass is 9.94. The maximum absolute atomic E-state index is 13.1. The van der Waals surface area contributed by atoms with E-state index in [-0.39, 0.29) is 5.91 Å². The molecule has 6 nitrogen and oxygen atoms in total. The van der Waals surface area contributed by atoms with Gasteiger partial charge < -0.3 is 10.2 Å². The lowest BCUT2D eigenvalue weighted by Gasteiger charge is -2.30. The van der Waals surface area contributed by atoms with Crippen LogP contribution in [0.5, 0.6) is 0 Å². The van der Waals surface area contributed by atoms with Crippen molar-refractivity contribution in [2.45, 2.75) is 82.7 Å². The summed E-state index contributed by atoms with van der Waals surface area (Å²) in [5, 5.41) is 9.00. The third-order valence-electron chi connectivity index (χ3n) is 6.54. The van der Waals surface area contributed by atoms with Crippen LogP contribution in [0.25, 0.3) is 11.0 Å². The zero-order valence-electron chi connectivity index (χ0n) is 17.3. The van der Waals surface area contributed by atoms with Gasteiger partial charge in [-0.25, -0.2) is 9.67 Å². The van der Waals surface area contributed by atoms with Crippen molar-refractivity contribution >= 4 is 22.8 Å². The van der Waals surface area contributed by atoms with E-state index in [1.54, 1.807) is 4.68 Å². The van der Waals surface area contributed by atoms with Gasteiger partial charge in [0.25, 0.3) is 5.91 Å². The molecule has 152 valence electrons. The third-order valence-corrected chi connectivity index (χ3v) is 6.54. The van der Waals surface area contributed by atoms with Crippen LogP contribution in [0.15, 0.2) is 12.1 Å². The Labute approximate surface area is 167 Å². The number of hydrogen-bond acceptors (Lipinski definition) is 4. The Morgan fingerprint density at radius 1 is 1.04 bits per heavy atom. The number of hydrogen-bond donors (Lipinski definition) is 1. The second kappa shape index (κ2) is 8.50. The molecule has 0 saturated heterocycles. The van der Waals surface area contributed by atoms with Crippen LogP contribution in [-0.4, -0.2) is 44.7 Å². The lowest BCUT2D eigenvalue weighted by molar-refractivity contribution is 0.0691. The first kappa shape index (κ1) is 19.2. The van der Waals surface area contributed by atoms with Crippen molar-refractivity contribution < 1.29 is 4.79 Å². The zero-order valence-corrected chi connectivity index (χ0v) is 17.3. The summed E-state index contributed by atoms with van der Waals surface area (Å²) in [5.74, 6) is 0.908. The van der Waals surface area contributed by atoms with Gasteiger partial charge in [-0.05, 0) is 37.8 Å². The standard InChI is InChI=1S/C22H33N5O/c1-26(17-12-8-5-9-13-17)22(28)20-18-14-15-19(24-21(18)27(2)25-20)23-16-10-6-3-4-7-11-16/h14-17H,3-13H2,1-2H3,(H,23,24). The molecular weight excluding hydrogens is 350 g/mol. The maximum atomic E-state index is 13.1. The Hall–Kier alpha value is -2.11. The molecule has 2 aromatic rings. The number of aryl methyl sites for hydroxylation is 1. The summed E-state index contributed by atoms with van der Waals surface area (Å²) in [6, 6.07) is 4.85. The van der Waals surface area contributed by atoms with Crippen LogP contribution in [0.2, 0.25) is 0 Å². The van der Waals surface area contributed by atoms with Gasteiger partial charge in [0, 0.05) is 26.2 Å². The molecule has 1 amide bonds. The monoisotopic (exact) mass is 383 g/mol. The first-order valence-electron chi connectivity index (χ1n) is 11.0. The molecule has 0 aromatic carbocycles. The minimum Gasteiger partial charge on any atom is -0.367 e. The Bertz CT molecular complexity index is 816. The Morgan fingerprint density at radius 3 is 2.39 bits per heavy atom. The predicted molar refractivity (Wildman–Crippen MR) is 113 cm³/mol. The summed E-state index contributed by atoms with van der Waals surface area (Å²) in [6.07, 6.45) is 13.6. The highest BCUT2D eigenvalue weighted by molar-refractivity contribution is 6.04. The Balaban J connectivity index is 1.54. The van der Waals surface area contributed by atoms with Gasteiger partial charge in [-0.1, -0.05) is 44.9 Å². The molecule has 6 heteroatoms. The number of amides is 1. The van der Waals surface area contributed by atoms with Crippen LogP contribution in [0.1, 0.15) is 81.1 Å². The molecule has 28 heavy (non-hydrogen) atoms. The SMILES string of the molecule is CN(C(=O)c1nn(C)c2nc(NC3CCCCCC3)ccc12)C1CCCCC1. The number of carbonyl (C=O) groups excluding carboxylic acids is 1. The second-order valence-corrected chi connectivity index (χ2v) is 8.58. The molecular formula is C22H33N5O. The van der Waals surface area contributed by atoms with Gasteiger partial charge in [0.2, 0.25) is 0 Å². The molecule has 2 saturated carbocycles. The first-order chi connectivity index (χ1) is 13.6. The van der Waals surface area contributed by atoms with E-state index < -0.39 is 0 Å². The molecule has 2 heterocycles. The van der Waals surface area contributed by atoms with Crippen molar-refractivity contribution in [2.75, 3.05) is 12.4 Å². The molecule has 4 rings (SSSR count). The fourth-order valence-electron chi connectivity index (χ4n) is 4.80. The molecule has 0 bridgehead atoms. The van der Waals surface area contributed by atoms with Crippen molar-refractivity contribution in [3.8, 4) is 0 Å². The highest BCUT2D eigenvalue weighted by Crippen LogP contribution is 2.26. The molecule has 1 N–H and O–H groups in total. The van der Waals surface area contributed by atoms with Crippen LogP contribution in [0, 0.1) is 0 Å².